The summed E-state index contributed by atoms with van der Waals surface area (Å²) in [5, 5.41) is 12.1. The van der Waals surface area contributed by atoms with Gasteiger partial charge in [0.05, 0.1) is 35.2 Å². The molecule has 1 fully saturated rings. The van der Waals surface area contributed by atoms with Crippen LogP contribution in [0.15, 0.2) is 41.2 Å². The maximum absolute atomic E-state index is 14.7. The summed E-state index contributed by atoms with van der Waals surface area (Å²) in [6, 6.07) is 10.6. The lowest BCUT2D eigenvalue weighted by atomic mass is 10.0. The van der Waals surface area contributed by atoms with E-state index < -0.39 is 18.0 Å². The number of benzene rings is 1. The zero-order chi connectivity index (χ0) is 21.1. The predicted octanol–water partition coefficient (Wildman–Crippen LogP) is 3.21. The van der Waals surface area contributed by atoms with Crippen molar-refractivity contribution in [1.29, 1.82) is 5.26 Å². The van der Waals surface area contributed by atoms with Crippen LogP contribution in [0.5, 0.6) is 0 Å². The first-order valence-corrected chi connectivity index (χ1v) is 9.17. The number of hydrogen-bond acceptors (Lipinski definition) is 6. The van der Waals surface area contributed by atoms with Crippen LogP contribution >= 0.6 is 0 Å². The van der Waals surface area contributed by atoms with Crippen molar-refractivity contribution in [2.24, 2.45) is 5.73 Å². The van der Waals surface area contributed by atoms with Crippen LogP contribution in [0.1, 0.15) is 30.9 Å². The van der Waals surface area contributed by atoms with E-state index in [1.807, 2.05) is 13.8 Å². The van der Waals surface area contributed by atoms with Crippen molar-refractivity contribution in [3.05, 3.63) is 63.6 Å². The third-order valence-electron chi connectivity index (χ3n) is 4.69. The van der Waals surface area contributed by atoms with Crippen LogP contribution in [0.3, 0.4) is 0 Å². The number of hydrogen-bond donors (Lipinski definition) is 2. The molecule has 0 bridgehead atoms. The second kappa shape index (κ2) is 8.29. The molecule has 1 aliphatic heterocycles. The van der Waals surface area contributed by atoms with Crippen molar-refractivity contribution >= 4 is 23.2 Å². The van der Waals surface area contributed by atoms with Gasteiger partial charge in [0, 0.05) is 6.54 Å². The lowest BCUT2D eigenvalue weighted by Crippen LogP contribution is -2.27. The minimum atomic E-state index is -0.635. The van der Waals surface area contributed by atoms with Gasteiger partial charge in [-0.15, -0.1) is 0 Å². The van der Waals surface area contributed by atoms with E-state index in [-0.39, 0.29) is 35.8 Å². The summed E-state index contributed by atoms with van der Waals surface area (Å²) in [6.07, 6.45) is -1.01. The fraction of sp³-hybridized carbons (Fsp3) is 0.286. The summed E-state index contributed by atoms with van der Waals surface area (Å²) in [6.45, 7) is 4.24. The van der Waals surface area contributed by atoms with Crippen molar-refractivity contribution in [3.8, 4) is 6.07 Å². The van der Waals surface area contributed by atoms with E-state index in [9.17, 15) is 19.2 Å². The number of amides is 1. The molecule has 3 N–H and O–H groups in total. The smallest absolute Gasteiger partial charge is 0.414 e. The average Bonchev–Trinajstić information content (AvgIpc) is 2.99. The topological polar surface area (TPSA) is 108 Å². The van der Waals surface area contributed by atoms with E-state index >= 15 is 0 Å². The van der Waals surface area contributed by atoms with Gasteiger partial charge < -0.3 is 15.8 Å². The molecule has 29 heavy (non-hydrogen) atoms. The quantitative estimate of drug-likeness (QED) is 0.803. The normalized spacial score (nSPS) is 15.9. The summed E-state index contributed by atoms with van der Waals surface area (Å²) in [5.41, 5.74) is 6.79. The van der Waals surface area contributed by atoms with Gasteiger partial charge in [-0.3, -0.25) is 9.69 Å². The van der Waals surface area contributed by atoms with Gasteiger partial charge in [0.25, 0.3) is 0 Å². The molecule has 0 unspecified atom stereocenters. The number of nitrogens with one attached hydrogen (secondary N) is 1. The monoisotopic (exact) mass is 396 g/mol. The first-order chi connectivity index (χ1) is 13.8. The largest absolute Gasteiger partial charge is 0.443 e. The van der Waals surface area contributed by atoms with Gasteiger partial charge in [-0.05, 0) is 47.9 Å². The fourth-order valence-electron chi connectivity index (χ4n) is 3.10. The molecule has 1 amide bonds. The van der Waals surface area contributed by atoms with Gasteiger partial charge in [0.1, 0.15) is 11.9 Å². The summed E-state index contributed by atoms with van der Waals surface area (Å²) >= 11 is 0. The van der Waals surface area contributed by atoms with Gasteiger partial charge in [-0.1, -0.05) is 13.8 Å². The number of nitriles is 1. The molecular weight excluding hydrogens is 375 g/mol. The minimum Gasteiger partial charge on any atom is -0.443 e. The van der Waals surface area contributed by atoms with E-state index in [4.69, 9.17) is 10.5 Å². The molecule has 0 radical (unpaired) electrons. The second-order valence-corrected chi connectivity index (χ2v) is 7.03. The molecule has 1 heterocycles. The molecule has 1 atom stereocenters. The number of carbonyl (C=O) groups excluding carboxylic acids is 1. The van der Waals surface area contributed by atoms with Crippen molar-refractivity contribution in [2.75, 3.05) is 23.3 Å². The van der Waals surface area contributed by atoms with E-state index in [1.54, 1.807) is 12.1 Å². The lowest BCUT2D eigenvalue weighted by Gasteiger charge is -2.15. The average molecular weight is 396 g/mol. The molecule has 0 aliphatic carbocycles. The number of cyclic esters (lactones) is 1. The Labute approximate surface area is 167 Å². The van der Waals surface area contributed by atoms with Crippen molar-refractivity contribution in [1.82, 2.24) is 0 Å². The molecule has 7 nitrogen and oxygen atoms in total. The number of ether oxygens (including phenoxy) is 1. The Bertz CT molecular complexity index is 1050. The third-order valence-corrected chi connectivity index (χ3v) is 4.69. The molecule has 2 aromatic carbocycles. The molecular formula is C21H21FN4O3. The van der Waals surface area contributed by atoms with E-state index in [2.05, 4.69) is 11.4 Å². The Hall–Kier alpha value is -3.44. The van der Waals surface area contributed by atoms with Crippen LogP contribution in [0.25, 0.3) is 0 Å². The van der Waals surface area contributed by atoms with Gasteiger partial charge in [-0.25, -0.2) is 9.18 Å². The Morgan fingerprint density at radius 3 is 2.62 bits per heavy atom. The summed E-state index contributed by atoms with van der Waals surface area (Å²) in [7, 11) is 0. The highest BCUT2D eigenvalue weighted by atomic mass is 19.1. The van der Waals surface area contributed by atoms with E-state index in [0.29, 0.717) is 16.8 Å². The van der Waals surface area contributed by atoms with Gasteiger partial charge >= 0.3 is 6.09 Å². The first-order valence-electron chi connectivity index (χ1n) is 9.17. The highest BCUT2D eigenvalue weighted by Crippen LogP contribution is 2.28. The maximum Gasteiger partial charge on any atom is 0.414 e. The zero-order valence-electron chi connectivity index (χ0n) is 16.1. The number of nitrogens with two attached hydrogens (primary N) is 1. The Morgan fingerprint density at radius 1 is 1.28 bits per heavy atom. The molecule has 1 aliphatic rings. The maximum atomic E-state index is 14.7. The van der Waals surface area contributed by atoms with E-state index in [0.717, 1.165) is 0 Å². The third kappa shape index (κ3) is 4.20. The van der Waals surface area contributed by atoms with Crippen LogP contribution in [0, 0.1) is 17.1 Å². The van der Waals surface area contributed by atoms with Crippen LogP contribution in [0.2, 0.25) is 0 Å². The Kier molecular flexibility index (Phi) is 5.80. The Balaban J connectivity index is 1.93. The van der Waals surface area contributed by atoms with Crippen LogP contribution in [0.4, 0.5) is 26.2 Å². The van der Waals surface area contributed by atoms with Crippen molar-refractivity contribution < 1.29 is 13.9 Å². The Morgan fingerprint density at radius 2 is 2.03 bits per heavy atom. The number of halogens is 1. The van der Waals surface area contributed by atoms with Crippen molar-refractivity contribution in [2.45, 2.75) is 25.9 Å². The van der Waals surface area contributed by atoms with Crippen molar-refractivity contribution in [3.63, 3.8) is 0 Å². The van der Waals surface area contributed by atoms with Crippen LogP contribution in [-0.2, 0) is 4.74 Å². The molecule has 0 spiro atoms. The van der Waals surface area contributed by atoms with Gasteiger partial charge in [0.2, 0.25) is 5.43 Å². The molecule has 2 aromatic rings. The fourth-order valence-corrected chi connectivity index (χ4v) is 3.10. The summed E-state index contributed by atoms with van der Waals surface area (Å²) in [5.74, 6) is -0.634. The predicted molar refractivity (Wildman–Crippen MR) is 108 cm³/mol. The molecule has 3 rings (SSSR count). The SMILES string of the molecule is CC(C)c1cc(Nc2ccc(N3C[C@H](CN)OC3=O)cc2F)c(=O)ccc1C#N. The van der Waals surface area contributed by atoms with E-state index in [1.165, 1.54) is 29.2 Å². The number of carbonyl (C=O) groups is 1. The van der Waals surface area contributed by atoms with Crippen LogP contribution in [-0.4, -0.2) is 25.3 Å². The molecule has 8 heteroatoms. The summed E-state index contributed by atoms with van der Waals surface area (Å²) < 4.78 is 19.8. The zero-order valence-corrected chi connectivity index (χ0v) is 16.1. The lowest BCUT2D eigenvalue weighted by molar-refractivity contribution is 0.145. The standard InChI is InChI=1S/C21H21FN4O3/c1-12(2)16-8-19(20(27)6-3-13(16)9-23)25-18-5-4-14(7-17(18)22)26-11-15(10-24)29-21(26)28/h3-8,12,15H,10-11,24H2,1-2H3,(H,25,27)/t15-/m0/s1. The van der Waals surface area contributed by atoms with Gasteiger partial charge in [-0.2, -0.15) is 5.26 Å². The highest BCUT2D eigenvalue weighted by molar-refractivity contribution is 5.90. The van der Waals surface area contributed by atoms with Gasteiger partial charge in [0.15, 0.2) is 0 Å². The molecule has 0 saturated carbocycles. The summed E-state index contributed by atoms with van der Waals surface area (Å²) in [4.78, 5) is 25.6. The number of nitrogens with zero attached hydrogens (tertiary/aromatic N) is 2. The minimum absolute atomic E-state index is 0.000827. The second-order valence-electron chi connectivity index (χ2n) is 7.03. The number of anilines is 3. The molecule has 1 saturated heterocycles. The molecule has 0 aromatic heterocycles. The number of rotatable bonds is 5. The highest BCUT2D eigenvalue weighted by Gasteiger charge is 2.31. The first kappa shape index (κ1) is 20.3. The van der Waals surface area contributed by atoms with Crippen LogP contribution < -0.4 is 21.4 Å². The molecule has 150 valence electrons.